The van der Waals surface area contributed by atoms with Crippen molar-refractivity contribution in [2.75, 3.05) is 6.16 Å². The number of amides is 1. The predicted octanol–water partition coefficient (Wildman–Crippen LogP) is -0.0916. The molecule has 12 heteroatoms. The molecule has 2 unspecified atom stereocenters. The number of rotatable bonds is 10. The van der Waals surface area contributed by atoms with Gasteiger partial charge in [0, 0.05) is 6.16 Å². The summed E-state index contributed by atoms with van der Waals surface area (Å²) in [4.78, 5) is 38.4. The monoisotopic (exact) mass is 420 g/mol. The van der Waals surface area contributed by atoms with E-state index in [9.17, 15) is 14.2 Å². The maximum Gasteiger partial charge on any atom is 0.325 e. The van der Waals surface area contributed by atoms with Gasteiger partial charge in [0.2, 0.25) is 0 Å². The summed E-state index contributed by atoms with van der Waals surface area (Å²) >= 11 is 0. The van der Waals surface area contributed by atoms with Crippen molar-refractivity contribution in [1.29, 1.82) is 0 Å². The van der Waals surface area contributed by atoms with Gasteiger partial charge in [-0.15, -0.1) is 0 Å². The van der Waals surface area contributed by atoms with Crippen LogP contribution in [0.2, 0.25) is 0 Å². The topological polar surface area (TPSA) is 222 Å². The maximum atomic E-state index is 11.0. The second-order valence-corrected chi connectivity index (χ2v) is 7.89. The van der Waals surface area contributed by atoms with Crippen LogP contribution in [0, 0.1) is 0 Å². The van der Waals surface area contributed by atoms with Crippen LogP contribution in [0.5, 0.6) is 5.75 Å². The molecule has 28 heavy (non-hydrogen) atoms. The first kappa shape index (κ1) is 26.0. The molecule has 1 rings (SSSR count). The Bertz CT molecular complexity index is 651. The molecule has 0 bridgehead atoms. The van der Waals surface area contributed by atoms with Gasteiger partial charge in [-0.25, -0.2) is 5.84 Å². The number of carbonyl (C=O) groups is 2. The Morgan fingerprint density at radius 2 is 1.57 bits per heavy atom. The number of hydrazine groups is 1. The lowest BCUT2D eigenvalue weighted by molar-refractivity contribution is -0.138. The van der Waals surface area contributed by atoms with Crippen LogP contribution in [-0.4, -0.2) is 44.1 Å². The molecule has 11 nitrogen and oxygen atoms in total. The summed E-state index contributed by atoms with van der Waals surface area (Å²) in [7, 11) is -3.87. The van der Waals surface area contributed by atoms with Crippen molar-refractivity contribution in [1.82, 2.24) is 5.43 Å². The summed E-state index contributed by atoms with van der Waals surface area (Å²) in [5.74, 6) is 3.56. The van der Waals surface area contributed by atoms with Crippen molar-refractivity contribution in [3.63, 3.8) is 0 Å². The molecule has 0 aliphatic rings. The summed E-state index contributed by atoms with van der Waals surface area (Å²) in [6.07, 6.45) is 2.89. The van der Waals surface area contributed by atoms with Gasteiger partial charge >= 0.3 is 13.6 Å². The molecule has 0 saturated carbocycles. The Morgan fingerprint density at radius 1 is 1.04 bits per heavy atom. The van der Waals surface area contributed by atoms with Gasteiger partial charge in [-0.2, -0.15) is 0 Å². The van der Waals surface area contributed by atoms with Gasteiger partial charge in [0.15, 0.2) is 0 Å². The number of aliphatic carboxylic acids is 1. The minimum absolute atomic E-state index is 0.0992. The Balaban J connectivity index is 0.000000525. The molecular formula is C16H29N4O7P. The van der Waals surface area contributed by atoms with E-state index in [1.165, 1.54) is 12.1 Å². The third-order valence-electron chi connectivity index (χ3n) is 3.71. The number of hydrogen-bond donors (Lipinski definition) is 8. The number of nitrogens with two attached hydrogens (primary N) is 3. The maximum absolute atomic E-state index is 11.0. The zero-order chi connectivity index (χ0) is 21.7. The van der Waals surface area contributed by atoms with Crippen LogP contribution in [0.1, 0.15) is 43.7 Å². The van der Waals surface area contributed by atoms with Crippen LogP contribution < -0.4 is 22.7 Å². The Kier molecular flexibility index (Phi) is 12.3. The number of carboxylic acids is 1. The summed E-state index contributed by atoms with van der Waals surface area (Å²) < 4.78 is 10.5. The summed E-state index contributed by atoms with van der Waals surface area (Å²) in [5, 5.41) is 17.4. The molecule has 11 N–H and O–H groups in total. The minimum atomic E-state index is -3.87. The molecule has 0 aromatic heterocycles. The molecule has 2 atom stereocenters. The van der Waals surface area contributed by atoms with E-state index in [-0.39, 0.29) is 11.9 Å². The second-order valence-electron chi connectivity index (χ2n) is 6.11. The van der Waals surface area contributed by atoms with Crippen molar-refractivity contribution in [3.8, 4) is 5.75 Å². The third kappa shape index (κ3) is 12.4. The number of phenolic OH excluding ortho intramolecular Hbond substituents is 1. The first-order valence-electron chi connectivity index (χ1n) is 8.56. The third-order valence-corrected chi connectivity index (χ3v) is 4.61. The molecule has 0 saturated heterocycles. The van der Waals surface area contributed by atoms with E-state index in [0.717, 1.165) is 6.42 Å². The average Bonchev–Trinajstić information content (AvgIpc) is 2.63. The van der Waals surface area contributed by atoms with Crippen LogP contribution in [0.25, 0.3) is 0 Å². The number of unbranched alkanes of at least 4 members (excludes halogenated alkanes) is 3. The second kappa shape index (κ2) is 13.2. The highest BCUT2D eigenvalue weighted by molar-refractivity contribution is 7.51. The van der Waals surface area contributed by atoms with Crippen LogP contribution in [-0.2, 0) is 14.2 Å². The fraction of sp³-hybridized carbons (Fsp3) is 0.500. The first-order chi connectivity index (χ1) is 13.0. The Labute approximate surface area is 163 Å². The molecule has 0 spiro atoms. The highest BCUT2D eigenvalue weighted by Crippen LogP contribution is 2.35. The largest absolute Gasteiger partial charge is 0.508 e. The standard InChI is InChI=1S/C8H11N3O2.C8H18NO5P/c9-7(8(13)11-10)5-1-3-6(12)4-2-5;9-7(8(10)11)5-3-1-2-4-6-15(12,13)14/h1-4,7,12H,9-10H2,(H,11,13);7H,1-6,9H2,(H,10,11)(H2,12,13,14). The molecule has 0 heterocycles. The molecule has 0 radical (unpaired) electrons. The van der Waals surface area contributed by atoms with Crippen molar-refractivity contribution in [2.45, 2.75) is 44.2 Å². The van der Waals surface area contributed by atoms with E-state index < -0.39 is 31.6 Å². The highest BCUT2D eigenvalue weighted by Gasteiger charge is 2.14. The van der Waals surface area contributed by atoms with Crippen LogP contribution >= 0.6 is 7.60 Å². The lowest BCUT2D eigenvalue weighted by atomic mass is 10.1. The lowest BCUT2D eigenvalue weighted by Gasteiger charge is -2.09. The van der Waals surface area contributed by atoms with E-state index in [2.05, 4.69) is 0 Å². The number of carboxylic acid groups (broad SMARTS) is 1. The number of nitrogens with one attached hydrogen (secondary N) is 1. The Morgan fingerprint density at radius 3 is 2.04 bits per heavy atom. The van der Waals surface area contributed by atoms with Gasteiger partial charge in [-0.05, 0) is 30.5 Å². The first-order valence-corrected chi connectivity index (χ1v) is 10.4. The van der Waals surface area contributed by atoms with Gasteiger partial charge < -0.3 is 31.5 Å². The Hall–Kier alpha value is -2.01. The number of hydrogen-bond acceptors (Lipinski definition) is 7. The lowest BCUT2D eigenvalue weighted by Crippen LogP contribution is -2.38. The van der Waals surface area contributed by atoms with Crippen LogP contribution in [0.4, 0.5) is 0 Å². The van der Waals surface area contributed by atoms with E-state index in [4.69, 9.17) is 37.3 Å². The SMILES string of the molecule is NC(CCCCCCP(=O)(O)O)C(=O)O.NNC(=O)C(N)c1ccc(O)cc1. The van der Waals surface area contributed by atoms with Gasteiger partial charge in [-0.1, -0.05) is 31.4 Å². The van der Waals surface area contributed by atoms with Crippen molar-refractivity contribution < 1.29 is 34.2 Å². The fourth-order valence-corrected chi connectivity index (χ4v) is 2.72. The van der Waals surface area contributed by atoms with Gasteiger partial charge in [0.25, 0.3) is 5.91 Å². The average molecular weight is 420 g/mol. The zero-order valence-corrected chi connectivity index (χ0v) is 16.3. The fourth-order valence-electron chi connectivity index (χ4n) is 2.08. The van der Waals surface area contributed by atoms with E-state index in [1.807, 2.05) is 5.43 Å². The van der Waals surface area contributed by atoms with Crippen LogP contribution in [0.15, 0.2) is 24.3 Å². The number of benzene rings is 1. The molecule has 0 aliphatic heterocycles. The summed E-state index contributed by atoms with van der Waals surface area (Å²) in [5.41, 5.74) is 13.4. The van der Waals surface area contributed by atoms with Crippen molar-refractivity contribution in [2.24, 2.45) is 17.3 Å². The number of phenols is 1. The molecule has 1 aromatic carbocycles. The van der Waals surface area contributed by atoms with E-state index >= 15 is 0 Å². The molecule has 160 valence electrons. The summed E-state index contributed by atoms with van der Waals surface area (Å²) in [6, 6.07) is 4.42. The smallest absolute Gasteiger partial charge is 0.325 e. The highest BCUT2D eigenvalue weighted by atomic mass is 31.2. The van der Waals surface area contributed by atoms with Gasteiger partial charge in [0.1, 0.15) is 17.8 Å². The summed E-state index contributed by atoms with van der Waals surface area (Å²) in [6.45, 7) is 0. The minimum Gasteiger partial charge on any atom is -0.508 e. The zero-order valence-electron chi connectivity index (χ0n) is 15.4. The number of aromatic hydroxyl groups is 1. The molecule has 1 amide bonds. The van der Waals surface area contributed by atoms with Crippen molar-refractivity contribution in [3.05, 3.63) is 29.8 Å². The molecule has 0 aliphatic carbocycles. The quantitative estimate of drug-likeness (QED) is 0.0825. The molecule has 0 fully saturated rings. The van der Waals surface area contributed by atoms with E-state index in [0.29, 0.717) is 31.2 Å². The van der Waals surface area contributed by atoms with Gasteiger partial charge in [-0.3, -0.25) is 19.6 Å². The molecule has 1 aromatic rings. The predicted molar refractivity (Wildman–Crippen MR) is 103 cm³/mol. The van der Waals surface area contributed by atoms with Crippen LogP contribution in [0.3, 0.4) is 0 Å². The van der Waals surface area contributed by atoms with E-state index in [1.54, 1.807) is 12.1 Å². The normalized spacial score (nSPS) is 13.0. The molecular weight excluding hydrogens is 391 g/mol. The van der Waals surface area contributed by atoms with Crippen molar-refractivity contribution >= 4 is 19.5 Å². The van der Waals surface area contributed by atoms with Gasteiger partial charge in [0.05, 0.1) is 0 Å². The number of carbonyl (C=O) groups excluding carboxylic acids is 1.